The van der Waals surface area contributed by atoms with Crippen LogP contribution >= 0.6 is 0 Å². The van der Waals surface area contributed by atoms with Crippen LogP contribution in [0.4, 0.5) is 0 Å². The summed E-state index contributed by atoms with van der Waals surface area (Å²) in [6.07, 6.45) is 0. The predicted octanol–water partition coefficient (Wildman–Crippen LogP) is 5.16. The van der Waals surface area contributed by atoms with Crippen molar-refractivity contribution < 1.29 is 46.7 Å². The van der Waals surface area contributed by atoms with Gasteiger partial charge in [-0.3, -0.25) is 0 Å². The fraction of sp³-hybridized carbons (Fsp3) is 1.00. The molecule has 0 fully saturated rings. The summed E-state index contributed by atoms with van der Waals surface area (Å²) in [5.74, 6) is 0. The number of hydrogen-bond donors (Lipinski definition) is 0. The zero-order valence-electron chi connectivity index (χ0n) is 28.8. The Labute approximate surface area is 259 Å². The van der Waals surface area contributed by atoms with Gasteiger partial charge in [0.25, 0.3) is 0 Å². The topological polar surface area (TPSA) is 92.3 Å². The molecule has 0 N–H and O–H groups in total. The van der Waals surface area contributed by atoms with Crippen molar-refractivity contribution in [1.29, 1.82) is 0 Å². The average molecular weight is 643 g/mol. The molecule has 0 saturated heterocycles. The summed E-state index contributed by atoms with van der Waals surface area (Å²) in [6.45, 7) is 32.5. The standard InChI is InChI=1S/C30H66O10Si2/c1-29(2,3)41(7,8)39-27-25-37-23-21-35-19-17-33-15-13-31-11-12-32-14-16-34-18-20-36-22-24-38-26-28-40-42(9,10)30(4,5)6/h11-28H2,1-10H3. The lowest BCUT2D eigenvalue weighted by molar-refractivity contribution is -0.0242. The molecule has 42 heavy (non-hydrogen) atoms. The second-order valence-electron chi connectivity index (χ2n) is 13.1. The Morgan fingerprint density at radius 1 is 0.286 bits per heavy atom. The molecule has 0 amide bonds. The van der Waals surface area contributed by atoms with Crippen LogP contribution in [-0.4, -0.2) is 136 Å². The van der Waals surface area contributed by atoms with E-state index in [2.05, 4.69) is 67.7 Å². The first kappa shape index (κ1) is 42.0. The molecule has 0 bridgehead atoms. The SMILES string of the molecule is CC(C)(C)[Si](C)(C)OCCOCCOCCOCCOCCOCCOCCOCCOCCO[Si](C)(C)C(C)(C)C. The maximum atomic E-state index is 6.08. The molecule has 0 unspecified atom stereocenters. The van der Waals surface area contributed by atoms with Gasteiger partial charge in [-0.25, -0.2) is 0 Å². The molecule has 0 aliphatic carbocycles. The van der Waals surface area contributed by atoms with Crippen molar-refractivity contribution >= 4 is 16.6 Å². The van der Waals surface area contributed by atoms with Gasteiger partial charge < -0.3 is 46.7 Å². The number of ether oxygens (including phenoxy) is 8. The Morgan fingerprint density at radius 2 is 0.429 bits per heavy atom. The third-order valence-electron chi connectivity index (χ3n) is 7.60. The summed E-state index contributed by atoms with van der Waals surface area (Å²) in [6, 6.07) is 0. The van der Waals surface area contributed by atoms with Gasteiger partial charge in [-0.15, -0.1) is 0 Å². The maximum Gasteiger partial charge on any atom is 0.192 e. The molecule has 0 aliphatic heterocycles. The van der Waals surface area contributed by atoms with E-state index in [1.54, 1.807) is 0 Å². The summed E-state index contributed by atoms with van der Waals surface area (Å²) in [5.41, 5.74) is 0. The highest BCUT2D eigenvalue weighted by Gasteiger charge is 2.37. The molecular formula is C30H66O10Si2. The Kier molecular flexibility index (Phi) is 24.3. The van der Waals surface area contributed by atoms with Crippen LogP contribution in [0.3, 0.4) is 0 Å². The lowest BCUT2D eigenvalue weighted by Crippen LogP contribution is -2.41. The highest BCUT2D eigenvalue weighted by atomic mass is 28.4. The molecule has 12 heteroatoms. The van der Waals surface area contributed by atoms with Gasteiger partial charge in [0, 0.05) is 0 Å². The Morgan fingerprint density at radius 3 is 0.571 bits per heavy atom. The van der Waals surface area contributed by atoms with Gasteiger partial charge in [0.1, 0.15) is 0 Å². The van der Waals surface area contributed by atoms with Crippen molar-refractivity contribution in [3.63, 3.8) is 0 Å². The zero-order valence-corrected chi connectivity index (χ0v) is 30.8. The van der Waals surface area contributed by atoms with E-state index < -0.39 is 16.6 Å². The predicted molar refractivity (Wildman–Crippen MR) is 173 cm³/mol. The lowest BCUT2D eigenvalue weighted by Gasteiger charge is -2.36. The normalized spacial score (nSPS) is 13.3. The van der Waals surface area contributed by atoms with Crippen LogP contribution in [-0.2, 0) is 46.7 Å². The molecule has 0 spiro atoms. The van der Waals surface area contributed by atoms with Gasteiger partial charge in [-0.1, -0.05) is 41.5 Å². The molecule has 0 aromatic heterocycles. The molecule has 0 aromatic carbocycles. The van der Waals surface area contributed by atoms with Crippen LogP contribution < -0.4 is 0 Å². The summed E-state index contributed by atoms with van der Waals surface area (Å²) in [4.78, 5) is 0. The van der Waals surface area contributed by atoms with Gasteiger partial charge in [-0.2, -0.15) is 0 Å². The molecule has 0 heterocycles. The van der Waals surface area contributed by atoms with Gasteiger partial charge in [0.05, 0.1) is 119 Å². The first-order valence-electron chi connectivity index (χ1n) is 15.6. The van der Waals surface area contributed by atoms with Crippen molar-refractivity contribution in [1.82, 2.24) is 0 Å². The van der Waals surface area contributed by atoms with Crippen molar-refractivity contribution in [3.05, 3.63) is 0 Å². The smallest absolute Gasteiger partial charge is 0.192 e. The lowest BCUT2D eigenvalue weighted by atomic mass is 10.2. The van der Waals surface area contributed by atoms with Gasteiger partial charge >= 0.3 is 0 Å². The molecule has 0 radical (unpaired) electrons. The van der Waals surface area contributed by atoms with E-state index >= 15 is 0 Å². The van der Waals surface area contributed by atoms with E-state index in [0.717, 1.165) is 0 Å². The Hall–Kier alpha value is 0.0338. The molecule has 0 atom stereocenters. The molecule has 10 nitrogen and oxygen atoms in total. The molecule has 0 rings (SSSR count). The Bertz CT molecular complexity index is 558. The van der Waals surface area contributed by atoms with Crippen LogP contribution in [0.5, 0.6) is 0 Å². The third kappa shape index (κ3) is 23.4. The molecule has 0 saturated carbocycles. The summed E-state index contributed by atoms with van der Waals surface area (Å²) >= 11 is 0. The van der Waals surface area contributed by atoms with Crippen LogP contribution in [0.2, 0.25) is 36.3 Å². The first-order chi connectivity index (χ1) is 19.7. The van der Waals surface area contributed by atoms with E-state index in [-0.39, 0.29) is 10.1 Å². The highest BCUT2D eigenvalue weighted by molar-refractivity contribution is 6.74. The van der Waals surface area contributed by atoms with Gasteiger partial charge in [-0.05, 0) is 36.3 Å². The fourth-order valence-corrected chi connectivity index (χ4v) is 4.84. The van der Waals surface area contributed by atoms with Crippen molar-refractivity contribution in [3.8, 4) is 0 Å². The van der Waals surface area contributed by atoms with Crippen LogP contribution in [0.15, 0.2) is 0 Å². The minimum atomic E-state index is -1.69. The number of rotatable bonds is 29. The van der Waals surface area contributed by atoms with E-state index in [1.165, 1.54) is 0 Å². The van der Waals surface area contributed by atoms with E-state index in [9.17, 15) is 0 Å². The largest absolute Gasteiger partial charge is 0.414 e. The minimum Gasteiger partial charge on any atom is -0.414 e. The molecular weight excluding hydrogens is 576 g/mol. The first-order valence-corrected chi connectivity index (χ1v) is 21.4. The maximum absolute atomic E-state index is 6.08. The van der Waals surface area contributed by atoms with E-state index in [0.29, 0.717) is 119 Å². The number of hydrogen-bond acceptors (Lipinski definition) is 10. The fourth-order valence-electron chi connectivity index (χ4n) is 2.79. The quantitative estimate of drug-likeness (QED) is 0.0805. The van der Waals surface area contributed by atoms with Crippen LogP contribution in [0.25, 0.3) is 0 Å². The van der Waals surface area contributed by atoms with Gasteiger partial charge in [0.2, 0.25) is 0 Å². The van der Waals surface area contributed by atoms with Crippen LogP contribution in [0.1, 0.15) is 41.5 Å². The monoisotopic (exact) mass is 642 g/mol. The summed E-state index contributed by atoms with van der Waals surface area (Å²) in [7, 11) is -3.38. The van der Waals surface area contributed by atoms with E-state index in [4.69, 9.17) is 46.7 Å². The average Bonchev–Trinajstić information content (AvgIpc) is 2.88. The summed E-state index contributed by atoms with van der Waals surface area (Å²) in [5, 5.41) is 0.444. The second kappa shape index (κ2) is 24.3. The summed E-state index contributed by atoms with van der Waals surface area (Å²) < 4.78 is 56.4. The van der Waals surface area contributed by atoms with Crippen LogP contribution in [0, 0.1) is 0 Å². The minimum absolute atomic E-state index is 0.222. The second-order valence-corrected chi connectivity index (χ2v) is 22.7. The van der Waals surface area contributed by atoms with Crippen molar-refractivity contribution in [2.45, 2.75) is 77.8 Å². The highest BCUT2D eigenvalue weighted by Crippen LogP contribution is 2.37. The van der Waals surface area contributed by atoms with Gasteiger partial charge in [0.15, 0.2) is 16.6 Å². The zero-order chi connectivity index (χ0) is 31.8. The molecule has 254 valence electrons. The van der Waals surface area contributed by atoms with E-state index in [1.807, 2.05) is 0 Å². The third-order valence-corrected chi connectivity index (χ3v) is 16.7. The van der Waals surface area contributed by atoms with Crippen molar-refractivity contribution in [2.24, 2.45) is 0 Å². The molecule has 0 aromatic rings. The van der Waals surface area contributed by atoms with Crippen molar-refractivity contribution in [2.75, 3.05) is 119 Å². The Balaban J connectivity index is 3.22. The molecule has 0 aliphatic rings.